The number of hydrogen-bond donors (Lipinski definition) is 12. The molecular weight excluding hydrogens is 899 g/mol. The van der Waals surface area contributed by atoms with Crippen molar-refractivity contribution in [3.8, 4) is 0 Å². The van der Waals surface area contributed by atoms with Crippen LogP contribution < -0.4 is 59.3 Å². The minimum Gasteiger partial charge on any atom is -0.391 e. The topological polar surface area (TPSA) is 367 Å². The number of amides is 10. The van der Waals surface area contributed by atoms with Gasteiger partial charge in [0.1, 0.15) is 42.3 Å². The number of nitrogens with one attached hydrogen (secondary N) is 9. The molecule has 0 aromatic carbocycles. The molecule has 1 saturated heterocycles. The Morgan fingerprint density at radius 1 is 0.652 bits per heavy atom. The van der Waals surface area contributed by atoms with E-state index in [1.165, 1.54) is 25.7 Å². The minimum atomic E-state index is -1.63. The number of rotatable bonds is 31. The van der Waals surface area contributed by atoms with Gasteiger partial charge in [0, 0.05) is 40.0 Å². The highest BCUT2D eigenvalue weighted by Gasteiger charge is 2.39. The Balaban J connectivity index is 3.43. The molecule has 24 nitrogen and oxygen atoms in total. The maximum atomic E-state index is 14.2. The molecule has 0 spiro atoms. The Kier molecular flexibility index (Phi) is 28.2. The van der Waals surface area contributed by atoms with E-state index in [9.17, 15) is 53.1 Å². The van der Waals surface area contributed by atoms with Crippen molar-refractivity contribution in [1.82, 2.24) is 52.8 Å². The predicted molar refractivity (Wildman–Crippen MR) is 257 cm³/mol. The lowest BCUT2D eigenvalue weighted by atomic mass is 9.96. The van der Waals surface area contributed by atoms with Crippen molar-refractivity contribution in [2.75, 3.05) is 32.7 Å². The van der Waals surface area contributed by atoms with Crippen LogP contribution in [-0.4, -0.2) is 156 Å². The average molecular weight is 980 g/mol. The van der Waals surface area contributed by atoms with Gasteiger partial charge in [0.15, 0.2) is 5.96 Å². The molecule has 10 amide bonds. The van der Waals surface area contributed by atoms with E-state index < -0.39 is 107 Å². The van der Waals surface area contributed by atoms with Crippen LogP contribution >= 0.6 is 0 Å². The van der Waals surface area contributed by atoms with Crippen LogP contribution in [0.1, 0.15) is 127 Å². The summed E-state index contributed by atoms with van der Waals surface area (Å²) in [4.78, 5) is 137. The first kappa shape index (κ1) is 60.9. The molecule has 0 aromatic heterocycles. The highest BCUT2D eigenvalue weighted by atomic mass is 16.3. The zero-order valence-corrected chi connectivity index (χ0v) is 42.0. The van der Waals surface area contributed by atoms with Crippen molar-refractivity contribution in [2.24, 2.45) is 28.3 Å². The Morgan fingerprint density at radius 3 is 1.75 bits per heavy atom. The van der Waals surface area contributed by atoms with Gasteiger partial charge >= 0.3 is 0 Å². The molecule has 1 aliphatic rings. The van der Waals surface area contributed by atoms with Crippen molar-refractivity contribution < 1.29 is 53.1 Å². The first-order valence-electron chi connectivity index (χ1n) is 24.1. The molecule has 9 atom stereocenters. The van der Waals surface area contributed by atoms with E-state index in [4.69, 9.17) is 11.5 Å². The van der Waals surface area contributed by atoms with Crippen LogP contribution in [0.2, 0.25) is 0 Å². The fourth-order valence-electron chi connectivity index (χ4n) is 7.48. The van der Waals surface area contributed by atoms with E-state index in [2.05, 4.69) is 52.8 Å². The maximum absolute atomic E-state index is 14.2. The third-order valence-electron chi connectivity index (χ3n) is 11.5. The summed E-state index contributed by atoms with van der Waals surface area (Å²) in [6, 6.07) is -8.39. The Labute approximate surface area is 405 Å². The molecule has 392 valence electrons. The highest BCUT2D eigenvalue weighted by molar-refractivity contribution is 5.98. The standard InChI is InChI=1S/C45H81N13O11/c1-10-17-30(53-43(68)37(27(7)59)57-42(67)36(26(6)11-2)56-41(66)35(25(4)5)55-34(62)24-51-29(9)61)38(63)52-31(18-13-14-21-49-28(8)60)39(64)54-32(19-15-22-50-45(46)47)44(69)58-23-16-20-33(58)40(65)48-12-3/h25-27,30-33,35-37,59H,10-24H2,1-9H3,(H,48,65)(H,49,60)(H,51,61)(H,52,63)(H,53,68)(H,54,64)(H,55,62)(H,56,66)(H,57,67)(H4,46,47,50)/t26-,27+,30-,31-,32-,33-,35-,36+,37-/m0/s1. The summed E-state index contributed by atoms with van der Waals surface area (Å²) in [5.41, 5.74) is 11.0. The zero-order chi connectivity index (χ0) is 52.4. The SMILES string of the molecule is CCC[C@H](NC(=O)[C@@H](NC(=O)[C@H](NC(=O)[C@@H](NC(=O)CNC(C)=O)C(C)C)[C@@H](C)CC)[C@@H](C)O)C(=O)N[C@@H](CCCCNC(C)=O)C(=O)N[C@@H](CCCN=C(N)N)C(=O)N1CCC[C@H]1C(=O)NCC. The molecule has 0 aliphatic carbocycles. The van der Waals surface area contributed by atoms with Crippen molar-refractivity contribution in [1.29, 1.82) is 0 Å². The first-order valence-corrected chi connectivity index (χ1v) is 24.1. The molecule has 0 bridgehead atoms. The van der Waals surface area contributed by atoms with Crippen LogP contribution in [0, 0.1) is 11.8 Å². The predicted octanol–water partition coefficient (Wildman–Crippen LogP) is -2.60. The van der Waals surface area contributed by atoms with Crippen LogP contribution in [0.4, 0.5) is 0 Å². The van der Waals surface area contributed by atoms with Gasteiger partial charge in [-0.25, -0.2) is 0 Å². The molecule has 1 heterocycles. The summed E-state index contributed by atoms with van der Waals surface area (Å²) >= 11 is 0. The maximum Gasteiger partial charge on any atom is 0.245 e. The summed E-state index contributed by atoms with van der Waals surface area (Å²) < 4.78 is 0. The minimum absolute atomic E-state index is 0.0514. The van der Waals surface area contributed by atoms with E-state index >= 15 is 0 Å². The molecule has 0 aromatic rings. The first-order chi connectivity index (χ1) is 32.5. The number of carbonyl (C=O) groups excluding carboxylic acids is 10. The van der Waals surface area contributed by atoms with Crippen LogP contribution in [0.3, 0.4) is 0 Å². The lowest BCUT2D eigenvalue weighted by Gasteiger charge is -2.31. The number of aliphatic imine (C=N–C) groups is 1. The quantitative estimate of drug-likeness (QED) is 0.0193. The number of nitrogens with zero attached hydrogens (tertiary/aromatic N) is 2. The zero-order valence-electron chi connectivity index (χ0n) is 42.0. The number of nitrogens with two attached hydrogens (primary N) is 2. The number of aliphatic hydroxyl groups excluding tert-OH is 1. The molecule has 69 heavy (non-hydrogen) atoms. The Bertz CT molecular complexity index is 1780. The monoisotopic (exact) mass is 980 g/mol. The van der Waals surface area contributed by atoms with Crippen molar-refractivity contribution in [2.45, 2.75) is 175 Å². The number of unbranched alkanes of at least 4 members (excludes halogenated alkanes) is 1. The van der Waals surface area contributed by atoms with Gasteiger partial charge in [-0.1, -0.05) is 47.5 Å². The molecule has 0 unspecified atom stereocenters. The molecule has 1 fully saturated rings. The fourth-order valence-corrected chi connectivity index (χ4v) is 7.48. The molecule has 0 radical (unpaired) electrons. The second-order valence-corrected chi connectivity index (χ2v) is 17.8. The normalized spacial score (nSPS) is 16.7. The Morgan fingerprint density at radius 2 is 1.20 bits per heavy atom. The van der Waals surface area contributed by atoms with Crippen LogP contribution in [0.15, 0.2) is 4.99 Å². The van der Waals surface area contributed by atoms with E-state index in [1.54, 1.807) is 41.5 Å². The number of likely N-dealkylation sites (N-methyl/N-ethyl adjacent to an activating group) is 1. The van der Waals surface area contributed by atoms with Gasteiger partial charge in [0.25, 0.3) is 0 Å². The molecule has 24 heteroatoms. The number of guanidine groups is 1. The Hall–Kier alpha value is -6.07. The molecule has 14 N–H and O–H groups in total. The van der Waals surface area contributed by atoms with E-state index in [0.717, 1.165) is 0 Å². The van der Waals surface area contributed by atoms with Crippen molar-refractivity contribution >= 4 is 65.0 Å². The smallest absolute Gasteiger partial charge is 0.245 e. The van der Waals surface area contributed by atoms with E-state index in [0.29, 0.717) is 45.1 Å². The van der Waals surface area contributed by atoms with Crippen molar-refractivity contribution in [3.05, 3.63) is 0 Å². The van der Waals surface area contributed by atoms with Gasteiger partial charge in [-0.05, 0) is 77.0 Å². The highest BCUT2D eigenvalue weighted by Crippen LogP contribution is 2.20. The number of carbonyl (C=O) groups is 10. The molecule has 1 aliphatic heterocycles. The largest absolute Gasteiger partial charge is 0.391 e. The van der Waals surface area contributed by atoms with Gasteiger partial charge in [-0.2, -0.15) is 0 Å². The second kappa shape index (κ2) is 31.9. The number of likely N-dealkylation sites (tertiary alicyclic amines) is 1. The summed E-state index contributed by atoms with van der Waals surface area (Å²) in [5.74, 6) is -7.21. The summed E-state index contributed by atoms with van der Waals surface area (Å²) in [6.45, 7) is 14.9. The third kappa shape index (κ3) is 22.3. The van der Waals surface area contributed by atoms with E-state index in [1.807, 2.05) is 0 Å². The summed E-state index contributed by atoms with van der Waals surface area (Å²) in [7, 11) is 0. The third-order valence-corrected chi connectivity index (χ3v) is 11.5. The summed E-state index contributed by atoms with van der Waals surface area (Å²) in [6.07, 6.45) is 1.49. The van der Waals surface area contributed by atoms with Gasteiger partial charge in [0.05, 0.1) is 12.6 Å². The number of aliphatic hydroxyl groups is 1. The number of hydrogen-bond acceptors (Lipinski definition) is 12. The summed E-state index contributed by atoms with van der Waals surface area (Å²) in [5, 5.41) is 34.4. The van der Waals surface area contributed by atoms with E-state index in [-0.39, 0.29) is 69.6 Å². The van der Waals surface area contributed by atoms with Crippen LogP contribution in [0.25, 0.3) is 0 Å². The van der Waals surface area contributed by atoms with Gasteiger partial charge in [-0.15, -0.1) is 0 Å². The van der Waals surface area contributed by atoms with Crippen LogP contribution in [-0.2, 0) is 47.9 Å². The van der Waals surface area contributed by atoms with Gasteiger partial charge in [-0.3, -0.25) is 52.9 Å². The molecular formula is C45H81N13O11. The molecule has 0 saturated carbocycles. The average Bonchev–Trinajstić information content (AvgIpc) is 3.78. The molecule has 1 rings (SSSR count). The lowest BCUT2D eigenvalue weighted by Crippen LogP contribution is -2.62. The fraction of sp³-hybridized carbons (Fsp3) is 0.756. The second-order valence-electron chi connectivity index (χ2n) is 17.8. The van der Waals surface area contributed by atoms with Crippen LogP contribution in [0.5, 0.6) is 0 Å². The van der Waals surface area contributed by atoms with Gasteiger partial charge < -0.3 is 69.3 Å². The lowest BCUT2D eigenvalue weighted by molar-refractivity contribution is -0.142. The van der Waals surface area contributed by atoms with Crippen molar-refractivity contribution in [3.63, 3.8) is 0 Å². The van der Waals surface area contributed by atoms with Gasteiger partial charge in [0.2, 0.25) is 59.1 Å².